The molecule has 0 radical (unpaired) electrons. The van der Waals surface area contributed by atoms with Crippen molar-refractivity contribution in [2.75, 3.05) is 6.61 Å². The Kier molecular flexibility index (Phi) is 5.06. The Hall–Kier alpha value is -3.03. The minimum Gasteiger partial charge on any atom is -0.463 e. The van der Waals surface area contributed by atoms with Crippen LogP contribution >= 0.6 is 0 Å². The molecular weight excluding hydrogens is 377 g/mol. The van der Waals surface area contributed by atoms with Crippen LogP contribution < -0.4 is 10.4 Å². The maximum Gasteiger partial charge on any atom is 0.450 e. The van der Waals surface area contributed by atoms with E-state index in [-0.39, 0.29) is 23.7 Å². The lowest BCUT2D eigenvalue weighted by Gasteiger charge is -2.29. The van der Waals surface area contributed by atoms with Gasteiger partial charge < -0.3 is 13.9 Å². The highest BCUT2D eigenvalue weighted by Crippen LogP contribution is 2.46. The number of ether oxygens (including phenoxy) is 2. The van der Waals surface area contributed by atoms with Crippen LogP contribution in [0.15, 0.2) is 50.9 Å². The zero-order chi connectivity index (χ0) is 20.6. The second-order valence-electron chi connectivity index (χ2n) is 6.33. The lowest BCUT2D eigenvalue weighted by molar-refractivity contribution is -0.143. The summed E-state index contributed by atoms with van der Waals surface area (Å²) in [5.41, 5.74) is -0.642. The van der Waals surface area contributed by atoms with Gasteiger partial charge in [-0.2, -0.15) is 13.2 Å². The normalized spacial score (nSPS) is 16.4. The number of halogens is 3. The third-order valence-corrected chi connectivity index (χ3v) is 4.27. The molecule has 2 aromatic rings. The third-order valence-electron chi connectivity index (χ3n) is 4.27. The Bertz CT molecular complexity index is 1000. The van der Waals surface area contributed by atoms with Crippen molar-refractivity contribution in [1.29, 1.82) is 0 Å². The Labute approximate surface area is 158 Å². The van der Waals surface area contributed by atoms with Crippen molar-refractivity contribution in [3.8, 4) is 5.75 Å². The predicted molar refractivity (Wildman–Crippen MR) is 93.1 cm³/mol. The van der Waals surface area contributed by atoms with Gasteiger partial charge in [0, 0.05) is 6.07 Å². The van der Waals surface area contributed by atoms with E-state index in [0.29, 0.717) is 5.56 Å². The summed E-state index contributed by atoms with van der Waals surface area (Å²) in [4.78, 5) is 25.0. The standard InChI is InChI=1S/C20H17F3O5/c1-4-26-18(24)16-14(12-7-5-10(2)6-8-12)15-13(9-11(3)27-19(15)25)28-17(16)20(21,22)23/h5-9,14H,4H2,1-3H3. The van der Waals surface area contributed by atoms with Crippen molar-refractivity contribution in [3.05, 3.63) is 74.5 Å². The summed E-state index contributed by atoms with van der Waals surface area (Å²) in [5, 5.41) is 0. The highest BCUT2D eigenvalue weighted by Gasteiger charge is 2.49. The average Bonchev–Trinajstić information content (AvgIpc) is 2.60. The Balaban J connectivity index is 2.37. The fourth-order valence-electron chi connectivity index (χ4n) is 3.10. The predicted octanol–water partition coefficient (Wildman–Crippen LogP) is 4.16. The lowest BCUT2D eigenvalue weighted by atomic mass is 9.82. The molecule has 0 bridgehead atoms. The van der Waals surface area contributed by atoms with Gasteiger partial charge in [0.1, 0.15) is 11.5 Å². The van der Waals surface area contributed by atoms with E-state index < -0.39 is 35.0 Å². The first kappa shape index (κ1) is 19.7. The molecular formula is C20H17F3O5. The maximum absolute atomic E-state index is 13.7. The summed E-state index contributed by atoms with van der Waals surface area (Å²) in [7, 11) is 0. The molecule has 8 heteroatoms. The lowest BCUT2D eigenvalue weighted by Crippen LogP contribution is -2.33. The first-order chi connectivity index (χ1) is 13.1. The summed E-state index contributed by atoms with van der Waals surface area (Å²) in [6.45, 7) is 4.57. The molecule has 148 valence electrons. The van der Waals surface area contributed by atoms with Gasteiger partial charge in [-0.05, 0) is 26.3 Å². The molecule has 0 spiro atoms. The quantitative estimate of drug-likeness (QED) is 0.732. The van der Waals surface area contributed by atoms with Crippen LogP contribution in [0.1, 0.15) is 35.3 Å². The Morgan fingerprint density at radius 1 is 1.18 bits per heavy atom. The van der Waals surface area contributed by atoms with Crippen LogP contribution in [0.5, 0.6) is 5.75 Å². The Morgan fingerprint density at radius 3 is 2.39 bits per heavy atom. The van der Waals surface area contributed by atoms with Crippen LogP contribution in [0.2, 0.25) is 0 Å². The number of fused-ring (bicyclic) bond motifs is 1. The second-order valence-corrected chi connectivity index (χ2v) is 6.33. The fourth-order valence-corrected chi connectivity index (χ4v) is 3.10. The monoisotopic (exact) mass is 394 g/mol. The van der Waals surface area contributed by atoms with E-state index in [1.165, 1.54) is 19.9 Å². The van der Waals surface area contributed by atoms with E-state index in [2.05, 4.69) is 0 Å². The van der Waals surface area contributed by atoms with E-state index in [4.69, 9.17) is 13.9 Å². The molecule has 0 saturated heterocycles. The van der Waals surface area contributed by atoms with E-state index in [1.54, 1.807) is 24.3 Å². The number of alkyl halides is 3. The van der Waals surface area contributed by atoms with Crippen molar-refractivity contribution < 1.29 is 31.9 Å². The van der Waals surface area contributed by atoms with Crippen LogP contribution in [0.4, 0.5) is 13.2 Å². The molecule has 1 aromatic carbocycles. The van der Waals surface area contributed by atoms with Crippen LogP contribution in [-0.4, -0.2) is 18.8 Å². The topological polar surface area (TPSA) is 65.7 Å². The molecule has 0 aliphatic carbocycles. The molecule has 5 nitrogen and oxygen atoms in total. The highest BCUT2D eigenvalue weighted by molar-refractivity contribution is 5.93. The summed E-state index contributed by atoms with van der Waals surface area (Å²) >= 11 is 0. The molecule has 0 amide bonds. The van der Waals surface area contributed by atoms with Crippen molar-refractivity contribution in [3.63, 3.8) is 0 Å². The van der Waals surface area contributed by atoms with Crippen LogP contribution in [0.25, 0.3) is 0 Å². The zero-order valence-corrected chi connectivity index (χ0v) is 15.3. The number of benzene rings is 1. The van der Waals surface area contributed by atoms with Gasteiger partial charge >= 0.3 is 17.8 Å². The summed E-state index contributed by atoms with van der Waals surface area (Å²) < 4.78 is 56.2. The maximum atomic E-state index is 13.7. The number of esters is 1. The van der Waals surface area contributed by atoms with Gasteiger partial charge in [-0.1, -0.05) is 29.8 Å². The number of rotatable bonds is 3. The number of aryl methyl sites for hydroxylation is 2. The molecule has 1 aliphatic heterocycles. The number of hydrogen-bond acceptors (Lipinski definition) is 5. The van der Waals surface area contributed by atoms with E-state index in [0.717, 1.165) is 5.56 Å². The van der Waals surface area contributed by atoms with Gasteiger partial charge in [-0.25, -0.2) is 9.59 Å². The van der Waals surface area contributed by atoms with Crippen molar-refractivity contribution in [1.82, 2.24) is 0 Å². The molecule has 0 saturated carbocycles. The minimum atomic E-state index is -4.97. The van der Waals surface area contributed by atoms with Crippen molar-refractivity contribution >= 4 is 5.97 Å². The van der Waals surface area contributed by atoms with Gasteiger partial charge in [0.15, 0.2) is 0 Å². The summed E-state index contributed by atoms with van der Waals surface area (Å²) in [6, 6.07) is 7.67. The number of carbonyl (C=O) groups excluding carboxylic acids is 1. The zero-order valence-electron chi connectivity index (χ0n) is 15.3. The first-order valence-corrected chi connectivity index (χ1v) is 8.51. The van der Waals surface area contributed by atoms with Gasteiger partial charge in [0.05, 0.1) is 23.7 Å². The number of hydrogen-bond donors (Lipinski definition) is 0. The molecule has 1 aromatic heterocycles. The first-order valence-electron chi connectivity index (χ1n) is 8.51. The van der Waals surface area contributed by atoms with Crippen molar-refractivity contribution in [2.24, 2.45) is 0 Å². The van der Waals surface area contributed by atoms with Crippen LogP contribution in [-0.2, 0) is 9.53 Å². The third kappa shape index (κ3) is 3.54. The molecule has 28 heavy (non-hydrogen) atoms. The molecule has 1 atom stereocenters. The molecule has 1 unspecified atom stereocenters. The number of carbonyl (C=O) groups is 1. The SMILES string of the molecule is CCOC(=O)C1=C(C(F)(F)F)Oc2cc(C)oc(=O)c2C1c1ccc(C)cc1. The highest BCUT2D eigenvalue weighted by atomic mass is 19.4. The fraction of sp³-hybridized carbons (Fsp3) is 0.300. The van der Waals surface area contributed by atoms with Gasteiger partial charge in [-0.15, -0.1) is 0 Å². The molecule has 2 heterocycles. The molecule has 1 aliphatic rings. The van der Waals surface area contributed by atoms with Crippen LogP contribution in [0.3, 0.4) is 0 Å². The minimum absolute atomic E-state index is 0.0903. The largest absolute Gasteiger partial charge is 0.463 e. The van der Waals surface area contributed by atoms with Gasteiger partial charge in [0.25, 0.3) is 0 Å². The summed E-state index contributed by atoms with van der Waals surface area (Å²) in [6.07, 6.45) is -4.97. The van der Waals surface area contributed by atoms with E-state index in [9.17, 15) is 22.8 Å². The second kappa shape index (κ2) is 7.18. The number of allylic oxidation sites excluding steroid dienone is 1. The molecule has 3 rings (SSSR count). The smallest absolute Gasteiger partial charge is 0.450 e. The van der Waals surface area contributed by atoms with Gasteiger partial charge in [-0.3, -0.25) is 0 Å². The Morgan fingerprint density at radius 2 is 1.82 bits per heavy atom. The van der Waals surface area contributed by atoms with Crippen LogP contribution in [0, 0.1) is 13.8 Å². The van der Waals surface area contributed by atoms with Crippen molar-refractivity contribution in [2.45, 2.75) is 32.9 Å². The molecule has 0 fully saturated rings. The van der Waals surface area contributed by atoms with Gasteiger partial charge in [0.2, 0.25) is 5.76 Å². The molecule has 0 N–H and O–H groups in total. The van der Waals surface area contributed by atoms with E-state index >= 15 is 0 Å². The average molecular weight is 394 g/mol. The summed E-state index contributed by atoms with van der Waals surface area (Å²) in [5.74, 6) is -4.23. The van der Waals surface area contributed by atoms with E-state index in [1.807, 2.05) is 6.92 Å².